The highest BCUT2D eigenvalue weighted by molar-refractivity contribution is 5.97. The van der Waals surface area contributed by atoms with E-state index in [0.717, 1.165) is 11.3 Å². The van der Waals surface area contributed by atoms with E-state index in [1.807, 2.05) is 42.5 Å². The van der Waals surface area contributed by atoms with Crippen molar-refractivity contribution in [3.8, 4) is 22.8 Å². The number of hydrogen-bond acceptors (Lipinski definition) is 7. The van der Waals surface area contributed by atoms with Crippen LogP contribution in [-0.4, -0.2) is 35.8 Å². The fourth-order valence-corrected chi connectivity index (χ4v) is 2.80. The van der Waals surface area contributed by atoms with Crippen molar-refractivity contribution in [3.05, 3.63) is 65.9 Å². The quantitative estimate of drug-likeness (QED) is 0.461. The van der Waals surface area contributed by atoms with Crippen LogP contribution in [0.1, 0.15) is 23.0 Å². The molecule has 0 fully saturated rings. The van der Waals surface area contributed by atoms with Crippen molar-refractivity contribution < 1.29 is 19.0 Å². The van der Waals surface area contributed by atoms with Gasteiger partial charge in [0, 0.05) is 5.56 Å². The zero-order valence-corrected chi connectivity index (χ0v) is 16.4. The van der Waals surface area contributed by atoms with Crippen LogP contribution in [-0.2, 0) is 4.74 Å². The summed E-state index contributed by atoms with van der Waals surface area (Å²) in [7, 11) is 0. The molecule has 3 aromatic rings. The van der Waals surface area contributed by atoms with Crippen LogP contribution in [0.25, 0.3) is 11.3 Å². The molecule has 0 aliphatic carbocycles. The molecule has 1 heterocycles. The standard InChI is InChI=1S/C22H23N3O4/c1-3-27-21(26)19-15(2)24-22(23)25-20(19)16-9-11-18(12-10-16)29-14-13-28-17-7-5-4-6-8-17/h4-12H,3,13-14H2,1-2H3,(H2,23,24,25). The summed E-state index contributed by atoms with van der Waals surface area (Å²) in [5, 5.41) is 0. The molecule has 2 aromatic carbocycles. The number of aryl methyl sites for hydroxylation is 1. The summed E-state index contributed by atoms with van der Waals surface area (Å²) < 4.78 is 16.5. The molecule has 1 aromatic heterocycles. The molecule has 29 heavy (non-hydrogen) atoms. The van der Waals surface area contributed by atoms with Gasteiger partial charge in [-0.05, 0) is 50.2 Å². The molecule has 7 nitrogen and oxygen atoms in total. The summed E-state index contributed by atoms with van der Waals surface area (Å²) in [4.78, 5) is 20.7. The minimum absolute atomic E-state index is 0.101. The van der Waals surface area contributed by atoms with Crippen LogP contribution in [0.3, 0.4) is 0 Å². The zero-order chi connectivity index (χ0) is 20.6. The highest BCUT2D eigenvalue weighted by Gasteiger charge is 2.20. The average Bonchev–Trinajstić information content (AvgIpc) is 2.72. The number of anilines is 1. The van der Waals surface area contributed by atoms with E-state index in [1.165, 1.54) is 0 Å². The van der Waals surface area contributed by atoms with Crippen LogP contribution >= 0.6 is 0 Å². The molecule has 0 atom stereocenters. The molecule has 150 valence electrons. The Hall–Kier alpha value is -3.61. The Morgan fingerprint density at radius 2 is 1.55 bits per heavy atom. The summed E-state index contributed by atoms with van der Waals surface area (Å²) in [6.07, 6.45) is 0. The van der Waals surface area contributed by atoms with E-state index in [-0.39, 0.29) is 12.6 Å². The van der Waals surface area contributed by atoms with Crippen LogP contribution in [0.4, 0.5) is 5.95 Å². The number of rotatable bonds is 8. The number of carbonyl (C=O) groups is 1. The molecular formula is C22H23N3O4. The first kappa shape index (κ1) is 20.1. The van der Waals surface area contributed by atoms with Crippen molar-refractivity contribution in [3.63, 3.8) is 0 Å². The van der Waals surface area contributed by atoms with Crippen molar-refractivity contribution in [2.45, 2.75) is 13.8 Å². The largest absolute Gasteiger partial charge is 0.490 e. The van der Waals surface area contributed by atoms with Crippen LogP contribution in [0, 0.1) is 6.92 Å². The molecular weight excluding hydrogens is 370 g/mol. The number of benzene rings is 2. The van der Waals surface area contributed by atoms with Gasteiger partial charge in [0.15, 0.2) is 0 Å². The third-order valence-corrected chi connectivity index (χ3v) is 4.08. The predicted molar refractivity (Wildman–Crippen MR) is 110 cm³/mol. The van der Waals surface area contributed by atoms with Crippen molar-refractivity contribution in [2.24, 2.45) is 0 Å². The highest BCUT2D eigenvalue weighted by atomic mass is 16.5. The monoisotopic (exact) mass is 393 g/mol. The summed E-state index contributed by atoms with van der Waals surface area (Å²) in [6, 6.07) is 16.8. The number of ether oxygens (including phenoxy) is 3. The fraction of sp³-hybridized carbons (Fsp3) is 0.227. The maximum atomic E-state index is 12.3. The maximum Gasteiger partial charge on any atom is 0.342 e. The van der Waals surface area contributed by atoms with Gasteiger partial charge < -0.3 is 19.9 Å². The summed E-state index contributed by atoms with van der Waals surface area (Å²) in [5.41, 5.74) is 7.73. The molecule has 0 aliphatic heterocycles. The Bertz CT molecular complexity index is 960. The molecule has 0 unspecified atom stereocenters. The second-order valence-corrected chi connectivity index (χ2v) is 6.15. The van der Waals surface area contributed by atoms with Gasteiger partial charge in [-0.2, -0.15) is 0 Å². The average molecular weight is 393 g/mol. The topological polar surface area (TPSA) is 96.6 Å². The number of carbonyl (C=O) groups excluding carboxylic acids is 1. The van der Waals surface area contributed by atoms with Gasteiger partial charge in [-0.15, -0.1) is 0 Å². The van der Waals surface area contributed by atoms with Gasteiger partial charge in [0.1, 0.15) is 30.3 Å². The third-order valence-electron chi connectivity index (χ3n) is 4.08. The van der Waals surface area contributed by atoms with E-state index in [1.54, 1.807) is 26.0 Å². The molecule has 7 heteroatoms. The second kappa shape index (κ2) is 9.54. The Balaban J connectivity index is 1.69. The lowest BCUT2D eigenvalue weighted by molar-refractivity contribution is 0.0525. The van der Waals surface area contributed by atoms with E-state index in [4.69, 9.17) is 19.9 Å². The number of esters is 1. The van der Waals surface area contributed by atoms with Crippen LogP contribution in [0.2, 0.25) is 0 Å². The Morgan fingerprint density at radius 3 is 2.17 bits per heavy atom. The molecule has 0 amide bonds. The number of para-hydroxylation sites is 1. The van der Waals surface area contributed by atoms with E-state index < -0.39 is 5.97 Å². The van der Waals surface area contributed by atoms with E-state index >= 15 is 0 Å². The highest BCUT2D eigenvalue weighted by Crippen LogP contribution is 2.27. The van der Waals surface area contributed by atoms with Gasteiger partial charge in [-0.25, -0.2) is 14.8 Å². The minimum atomic E-state index is -0.474. The predicted octanol–water partition coefficient (Wildman–Crippen LogP) is 3.67. The Kier molecular flexibility index (Phi) is 6.63. The molecule has 0 radical (unpaired) electrons. The minimum Gasteiger partial charge on any atom is -0.490 e. The van der Waals surface area contributed by atoms with Crippen LogP contribution in [0.15, 0.2) is 54.6 Å². The Labute approximate surface area is 169 Å². The zero-order valence-electron chi connectivity index (χ0n) is 16.4. The van der Waals surface area contributed by atoms with Gasteiger partial charge >= 0.3 is 5.97 Å². The summed E-state index contributed by atoms with van der Waals surface area (Å²) in [6.45, 7) is 4.55. The summed E-state index contributed by atoms with van der Waals surface area (Å²) >= 11 is 0. The van der Waals surface area contributed by atoms with Crippen molar-refractivity contribution >= 4 is 11.9 Å². The van der Waals surface area contributed by atoms with E-state index in [2.05, 4.69) is 9.97 Å². The van der Waals surface area contributed by atoms with E-state index in [0.29, 0.717) is 35.9 Å². The number of hydrogen-bond donors (Lipinski definition) is 1. The lowest BCUT2D eigenvalue weighted by Gasteiger charge is -2.12. The normalized spacial score (nSPS) is 10.4. The van der Waals surface area contributed by atoms with Gasteiger partial charge in [0.05, 0.1) is 18.0 Å². The molecule has 0 saturated heterocycles. The van der Waals surface area contributed by atoms with E-state index in [9.17, 15) is 4.79 Å². The molecule has 0 bridgehead atoms. The number of aromatic nitrogens is 2. The number of nitrogens with zero attached hydrogens (tertiary/aromatic N) is 2. The first-order valence-corrected chi connectivity index (χ1v) is 9.30. The van der Waals surface area contributed by atoms with Crippen molar-refractivity contribution in [2.75, 3.05) is 25.6 Å². The molecule has 2 N–H and O–H groups in total. The Morgan fingerprint density at radius 1 is 0.931 bits per heavy atom. The SMILES string of the molecule is CCOC(=O)c1c(C)nc(N)nc1-c1ccc(OCCOc2ccccc2)cc1. The third kappa shape index (κ3) is 5.22. The lowest BCUT2D eigenvalue weighted by Crippen LogP contribution is -2.13. The first-order chi connectivity index (χ1) is 14.1. The van der Waals surface area contributed by atoms with Gasteiger partial charge in [0.25, 0.3) is 0 Å². The molecule has 3 rings (SSSR count). The molecule has 0 aliphatic rings. The van der Waals surface area contributed by atoms with Crippen molar-refractivity contribution in [1.29, 1.82) is 0 Å². The van der Waals surface area contributed by atoms with Gasteiger partial charge in [-0.3, -0.25) is 0 Å². The lowest BCUT2D eigenvalue weighted by atomic mass is 10.0. The fourth-order valence-electron chi connectivity index (χ4n) is 2.80. The van der Waals surface area contributed by atoms with Crippen LogP contribution in [0.5, 0.6) is 11.5 Å². The van der Waals surface area contributed by atoms with Crippen molar-refractivity contribution in [1.82, 2.24) is 9.97 Å². The molecule has 0 saturated carbocycles. The number of nitrogen functional groups attached to an aromatic ring is 1. The number of nitrogens with two attached hydrogens (primary N) is 1. The molecule has 0 spiro atoms. The van der Waals surface area contributed by atoms with Gasteiger partial charge in [0.2, 0.25) is 5.95 Å². The van der Waals surface area contributed by atoms with Gasteiger partial charge in [-0.1, -0.05) is 18.2 Å². The van der Waals surface area contributed by atoms with Crippen LogP contribution < -0.4 is 15.2 Å². The smallest absolute Gasteiger partial charge is 0.342 e. The maximum absolute atomic E-state index is 12.3. The first-order valence-electron chi connectivity index (χ1n) is 9.30. The second-order valence-electron chi connectivity index (χ2n) is 6.15. The summed E-state index contributed by atoms with van der Waals surface area (Å²) in [5.74, 6) is 1.11.